The first-order valence-electron chi connectivity index (χ1n) is 8.01. The molecule has 0 heterocycles. The van der Waals surface area contributed by atoms with Crippen molar-refractivity contribution in [2.75, 3.05) is 3.11 Å². The van der Waals surface area contributed by atoms with E-state index in [9.17, 15) is 0 Å². The third kappa shape index (κ3) is 2.27. The van der Waals surface area contributed by atoms with Gasteiger partial charge in [-0.2, -0.15) is 0 Å². The molecule has 1 aromatic carbocycles. The highest BCUT2D eigenvalue weighted by Crippen LogP contribution is 2.44. The van der Waals surface area contributed by atoms with E-state index in [1.807, 2.05) is 0 Å². The van der Waals surface area contributed by atoms with Crippen molar-refractivity contribution in [3.8, 4) is 0 Å². The summed E-state index contributed by atoms with van der Waals surface area (Å²) >= 11 is 2.46. The number of hydrogen-bond acceptors (Lipinski definition) is 2. The second kappa shape index (κ2) is 5.84. The van der Waals surface area contributed by atoms with Gasteiger partial charge in [0, 0.05) is 0 Å². The number of hydrogen-bond donors (Lipinski definition) is 1. The summed E-state index contributed by atoms with van der Waals surface area (Å²) < 4.78 is 2.36. The van der Waals surface area contributed by atoms with Gasteiger partial charge >= 0.3 is 0 Å². The first kappa shape index (κ1) is 14.6. The van der Waals surface area contributed by atoms with Crippen LogP contribution in [0.1, 0.15) is 60.4 Å². The molecule has 0 radical (unpaired) electrons. The van der Waals surface area contributed by atoms with Crippen LogP contribution in [0.5, 0.6) is 0 Å². The predicted octanol–water partition coefficient (Wildman–Crippen LogP) is 4.21. The summed E-state index contributed by atoms with van der Waals surface area (Å²) in [6.07, 6.45) is 10.0. The van der Waals surface area contributed by atoms with Crippen LogP contribution in [0.25, 0.3) is 0 Å². The molecule has 110 valence electrons. The molecule has 2 aliphatic carbocycles. The van der Waals surface area contributed by atoms with Gasteiger partial charge < -0.3 is 5.73 Å². The average molecular weight is 384 g/mol. The van der Waals surface area contributed by atoms with Crippen molar-refractivity contribution >= 4 is 28.6 Å². The van der Waals surface area contributed by atoms with E-state index in [4.69, 9.17) is 5.73 Å². The van der Waals surface area contributed by atoms with E-state index in [1.54, 1.807) is 27.8 Å². The van der Waals surface area contributed by atoms with E-state index in [0.717, 1.165) is 12.8 Å². The van der Waals surface area contributed by atoms with Crippen LogP contribution < -0.4 is 8.85 Å². The Labute approximate surface area is 136 Å². The first-order chi connectivity index (χ1) is 9.65. The molecule has 3 rings (SSSR count). The second-order valence-corrected chi connectivity index (χ2v) is 7.30. The van der Waals surface area contributed by atoms with Crippen LogP contribution in [0, 0.1) is 6.92 Å². The molecule has 0 spiro atoms. The minimum Gasteiger partial charge on any atom is -0.311 e. The Balaban J connectivity index is 2.11. The molecule has 0 saturated heterocycles. The van der Waals surface area contributed by atoms with Gasteiger partial charge in [0.25, 0.3) is 0 Å². The van der Waals surface area contributed by atoms with Crippen LogP contribution in [0.3, 0.4) is 0 Å². The molecule has 0 fully saturated rings. The maximum absolute atomic E-state index is 6.40. The van der Waals surface area contributed by atoms with Crippen molar-refractivity contribution in [3.63, 3.8) is 0 Å². The van der Waals surface area contributed by atoms with Gasteiger partial charge in [-0.15, -0.1) is 0 Å². The molecular weight excluding hydrogens is 359 g/mol. The molecule has 2 nitrogen and oxygen atoms in total. The zero-order valence-corrected chi connectivity index (χ0v) is 14.8. The van der Waals surface area contributed by atoms with Crippen molar-refractivity contribution in [2.45, 2.75) is 71.4 Å². The highest BCUT2D eigenvalue weighted by molar-refractivity contribution is 14.1. The van der Waals surface area contributed by atoms with Crippen molar-refractivity contribution < 1.29 is 0 Å². The third-order valence-corrected chi connectivity index (χ3v) is 6.20. The van der Waals surface area contributed by atoms with E-state index in [2.05, 4.69) is 39.8 Å². The Hall–Kier alpha value is -0.290. The van der Waals surface area contributed by atoms with Gasteiger partial charge in [-0.05, 0) is 79.7 Å². The van der Waals surface area contributed by atoms with Gasteiger partial charge in [-0.3, -0.25) is 3.11 Å². The molecule has 1 unspecified atom stereocenters. The maximum atomic E-state index is 6.40. The molecule has 0 aliphatic heterocycles. The summed E-state index contributed by atoms with van der Waals surface area (Å²) in [7, 11) is 0. The Kier molecular flexibility index (Phi) is 4.27. The quantitative estimate of drug-likeness (QED) is 0.479. The number of anilines is 1. The monoisotopic (exact) mass is 384 g/mol. The standard InChI is InChI=1S/C17H25IN2/c1-3-6-16(19)20(18)17-14-9-4-7-12(14)11(2)13-8-5-10-15(13)17/h16H,3-10,19H2,1-2H3. The van der Waals surface area contributed by atoms with Crippen molar-refractivity contribution in [1.82, 2.24) is 0 Å². The van der Waals surface area contributed by atoms with Crippen molar-refractivity contribution in [3.05, 3.63) is 27.8 Å². The van der Waals surface area contributed by atoms with E-state index >= 15 is 0 Å². The van der Waals surface area contributed by atoms with E-state index in [1.165, 1.54) is 44.2 Å². The number of halogens is 1. The van der Waals surface area contributed by atoms with Crippen molar-refractivity contribution in [1.29, 1.82) is 0 Å². The summed E-state index contributed by atoms with van der Waals surface area (Å²) in [5, 5.41) is 0. The van der Waals surface area contributed by atoms with Crippen LogP contribution in [0.2, 0.25) is 0 Å². The second-order valence-electron chi connectivity index (χ2n) is 6.26. The third-order valence-electron chi connectivity index (χ3n) is 5.00. The first-order valence-corrected chi connectivity index (χ1v) is 8.98. The van der Waals surface area contributed by atoms with Crippen molar-refractivity contribution in [2.24, 2.45) is 5.73 Å². The van der Waals surface area contributed by atoms with E-state index in [-0.39, 0.29) is 6.17 Å². The molecule has 2 aliphatic rings. The van der Waals surface area contributed by atoms with Gasteiger partial charge in [0.05, 0.1) is 34.7 Å². The number of nitrogens with zero attached hydrogens (tertiary/aromatic N) is 1. The van der Waals surface area contributed by atoms with Gasteiger partial charge in [-0.25, -0.2) is 0 Å². The van der Waals surface area contributed by atoms with E-state index < -0.39 is 0 Å². The lowest BCUT2D eigenvalue weighted by Crippen LogP contribution is -2.36. The topological polar surface area (TPSA) is 29.3 Å². The number of rotatable bonds is 4. The predicted molar refractivity (Wildman–Crippen MR) is 94.6 cm³/mol. The van der Waals surface area contributed by atoms with Crippen LogP contribution in [-0.2, 0) is 25.7 Å². The van der Waals surface area contributed by atoms with Crippen LogP contribution >= 0.6 is 22.9 Å². The highest BCUT2D eigenvalue weighted by Gasteiger charge is 2.30. The summed E-state index contributed by atoms with van der Waals surface area (Å²) in [5.41, 5.74) is 16.0. The van der Waals surface area contributed by atoms with Gasteiger partial charge in [0.2, 0.25) is 0 Å². The lowest BCUT2D eigenvalue weighted by molar-refractivity contribution is 0.640. The summed E-state index contributed by atoms with van der Waals surface area (Å²) in [6.45, 7) is 4.57. The Bertz CT molecular complexity index is 489. The largest absolute Gasteiger partial charge is 0.311 e. The van der Waals surface area contributed by atoms with Crippen LogP contribution in [0.15, 0.2) is 0 Å². The van der Waals surface area contributed by atoms with Gasteiger partial charge in [0.15, 0.2) is 0 Å². The highest BCUT2D eigenvalue weighted by atomic mass is 127. The normalized spacial score (nSPS) is 18.0. The molecule has 1 aromatic rings. The zero-order valence-electron chi connectivity index (χ0n) is 12.6. The van der Waals surface area contributed by atoms with Gasteiger partial charge in [-0.1, -0.05) is 13.3 Å². The fraction of sp³-hybridized carbons (Fsp3) is 0.647. The minimum absolute atomic E-state index is 0.151. The molecule has 1 atom stereocenters. The Morgan fingerprint density at radius 2 is 1.55 bits per heavy atom. The Morgan fingerprint density at radius 1 is 1.05 bits per heavy atom. The SMILES string of the molecule is CCCC(N)N(I)c1c2c(c(C)c3c1CCC3)CCC2. The lowest BCUT2D eigenvalue weighted by Gasteiger charge is -2.29. The molecule has 20 heavy (non-hydrogen) atoms. The number of benzene rings is 1. The maximum Gasteiger partial charge on any atom is 0.0867 e. The van der Waals surface area contributed by atoms with Gasteiger partial charge in [0.1, 0.15) is 0 Å². The molecule has 2 N–H and O–H groups in total. The molecule has 0 aromatic heterocycles. The Morgan fingerprint density at radius 3 is 2.05 bits per heavy atom. The van der Waals surface area contributed by atoms with Crippen LogP contribution in [0.4, 0.5) is 5.69 Å². The summed E-state index contributed by atoms with van der Waals surface area (Å²) in [5.74, 6) is 0. The average Bonchev–Trinajstić information content (AvgIpc) is 3.07. The van der Waals surface area contributed by atoms with Crippen LogP contribution in [-0.4, -0.2) is 6.17 Å². The lowest BCUT2D eigenvalue weighted by atomic mass is 9.93. The number of nitrogens with two attached hydrogens (primary N) is 1. The molecule has 0 bridgehead atoms. The fourth-order valence-corrected chi connectivity index (χ4v) is 4.90. The number of fused-ring (bicyclic) bond motifs is 2. The zero-order chi connectivity index (χ0) is 14.3. The molecule has 0 saturated carbocycles. The minimum atomic E-state index is 0.151. The smallest absolute Gasteiger partial charge is 0.0867 e. The molecule has 3 heteroatoms. The fourth-order valence-electron chi connectivity index (χ4n) is 4.03. The summed E-state index contributed by atoms with van der Waals surface area (Å²) in [6, 6.07) is 0. The molecule has 0 amide bonds. The summed E-state index contributed by atoms with van der Waals surface area (Å²) in [4.78, 5) is 0. The van der Waals surface area contributed by atoms with E-state index in [0.29, 0.717) is 0 Å². The molecular formula is C17H25IN2.